The van der Waals surface area contributed by atoms with Crippen LogP contribution < -0.4 is 5.32 Å². The molecule has 1 amide bonds. The number of rotatable bonds is 5. The number of amides is 1. The third-order valence-electron chi connectivity index (χ3n) is 3.01. The maximum atomic E-state index is 11.8. The Morgan fingerprint density at radius 3 is 2.48 bits per heavy atom. The van der Waals surface area contributed by atoms with Crippen molar-refractivity contribution in [2.75, 3.05) is 0 Å². The predicted molar refractivity (Wildman–Crippen MR) is 84.3 cm³/mol. The van der Waals surface area contributed by atoms with Crippen LogP contribution >= 0.6 is 23.2 Å². The monoisotopic (exact) mass is 323 g/mol. The fraction of sp³-hybridized carbons (Fsp3) is 0.188. The van der Waals surface area contributed by atoms with Gasteiger partial charge in [0.05, 0.1) is 12.5 Å². The van der Waals surface area contributed by atoms with Gasteiger partial charge in [-0.1, -0.05) is 47.5 Å². The van der Waals surface area contributed by atoms with E-state index in [1.165, 1.54) is 0 Å². The molecule has 2 rings (SSSR count). The zero-order valence-corrected chi connectivity index (χ0v) is 12.7. The van der Waals surface area contributed by atoms with Crippen LogP contribution in [0, 0.1) is 0 Å². The summed E-state index contributed by atoms with van der Waals surface area (Å²) in [7, 11) is 0. The molecule has 1 atom stereocenters. The van der Waals surface area contributed by atoms with E-state index in [9.17, 15) is 9.90 Å². The molecule has 21 heavy (non-hydrogen) atoms. The highest BCUT2D eigenvalue weighted by Gasteiger charge is 2.12. The molecule has 0 radical (unpaired) electrons. The van der Waals surface area contributed by atoms with Crippen LogP contribution in [-0.4, -0.2) is 11.0 Å². The number of nitrogens with one attached hydrogen (secondary N) is 1. The van der Waals surface area contributed by atoms with E-state index in [4.69, 9.17) is 23.2 Å². The quantitative estimate of drug-likeness (QED) is 0.880. The lowest BCUT2D eigenvalue weighted by Crippen LogP contribution is -2.24. The fourth-order valence-corrected chi connectivity index (χ4v) is 2.24. The highest BCUT2D eigenvalue weighted by molar-refractivity contribution is 6.30. The first-order valence-electron chi connectivity index (χ1n) is 6.49. The van der Waals surface area contributed by atoms with Crippen LogP contribution in [0.1, 0.15) is 23.7 Å². The van der Waals surface area contributed by atoms with Gasteiger partial charge in [0.15, 0.2) is 0 Å². The molecule has 5 heteroatoms. The average Bonchev–Trinajstić information content (AvgIpc) is 2.46. The van der Waals surface area contributed by atoms with Crippen molar-refractivity contribution in [2.45, 2.75) is 19.1 Å². The minimum absolute atomic E-state index is 0.00218. The van der Waals surface area contributed by atoms with Crippen molar-refractivity contribution in [3.05, 3.63) is 69.7 Å². The van der Waals surface area contributed by atoms with Gasteiger partial charge in [0.1, 0.15) is 0 Å². The van der Waals surface area contributed by atoms with Gasteiger partial charge in [-0.15, -0.1) is 0 Å². The molecular formula is C16H15Cl2NO2. The van der Waals surface area contributed by atoms with Crippen LogP contribution in [0.5, 0.6) is 0 Å². The summed E-state index contributed by atoms with van der Waals surface area (Å²) in [6, 6.07) is 14.0. The van der Waals surface area contributed by atoms with Gasteiger partial charge in [-0.2, -0.15) is 0 Å². The molecule has 0 spiro atoms. The number of halogens is 2. The van der Waals surface area contributed by atoms with Crippen molar-refractivity contribution in [1.82, 2.24) is 5.32 Å². The summed E-state index contributed by atoms with van der Waals surface area (Å²) in [6.45, 7) is 0.382. The van der Waals surface area contributed by atoms with Gasteiger partial charge in [0.2, 0.25) is 5.91 Å². The lowest BCUT2D eigenvalue weighted by Gasteiger charge is -2.11. The minimum atomic E-state index is -0.846. The molecule has 0 fully saturated rings. The van der Waals surface area contributed by atoms with Gasteiger partial charge in [-0.05, 0) is 35.4 Å². The zero-order chi connectivity index (χ0) is 15.2. The Morgan fingerprint density at radius 1 is 1.10 bits per heavy atom. The van der Waals surface area contributed by atoms with E-state index >= 15 is 0 Å². The largest absolute Gasteiger partial charge is 0.388 e. The summed E-state index contributed by atoms with van der Waals surface area (Å²) in [6.07, 6.45) is -0.844. The molecule has 2 aromatic rings. The normalized spacial score (nSPS) is 12.0. The van der Waals surface area contributed by atoms with Crippen LogP contribution in [0.4, 0.5) is 0 Å². The van der Waals surface area contributed by atoms with Crippen molar-refractivity contribution in [2.24, 2.45) is 0 Å². The lowest BCUT2D eigenvalue weighted by molar-refractivity contribution is -0.123. The molecular weight excluding hydrogens is 309 g/mol. The number of hydrogen-bond acceptors (Lipinski definition) is 2. The first-order chi connectivity index (χ1) is 10.0. The van der Waals surface area contributed by atoms with Gasteiger partial charge in [0.25, 0.3) is 0 Å². The van der Waals surface area contributed by atoms with Gasteiger partial charge in [0, 0.05) is 16.6 Å². The predicted octanol–water partition coefficient (Wildman–Crippen LogP) is 3.73. The fourth-order valence-electron chi connectivity index (χ4n) is 1.90. The van der Waals surface area contributed by atoms with E-state index in [1.54, 1.807) is 36.4 Å². The zero-order valence-electron chi connectivity index (χ0n) is 11.2. The van der Waals surface area contributed by atoms with Crippen molar-refractivity contribution in [3.8, 4) is 0 Å². The van der Waals surface area contributed by atoms with Gasteiger partial charge >= 0.3 is 0 Å². The summed E-state index contributed by atoms with van der Waals surface area (Å²) < 4.78 is 0. The van der Waals surface area contributed by atoms with Gasteiger partial charge < -0.3 is 10.4 Å². The molecule has 0 aliphatic carbocycles. The summed E-state index contributed by atoms with van der Waals surface area (Å²) in [4.78, 5) is 11.8. The SMILES string of the molecule is O=C(CC(O)c1ccc(Cl)cc1)NCc1cccc(Cl)c1. The number of carbonyl (C=O) groups excluding carboxylic acids is 1. The lowest BCUT2D eigenvalue weighted by atomic mass is 10.1. The maximum absolute atomic E-state index is 11.8. The average molecular weight is 324 g/mol. The van der Waals surface area contributed by atoms with Crippen molar-refractivity contribution in [1.29, 1.82) is 0 Å². The molecule has 0 aliphatic heterocycles. The van der Waals surface area contributed by atoms with E-state index in [0.29, 0.717) is 22.2 Å². The van der Waals surface area contributed by atoms with Gasteiger partial charge in [-0.25, -0.2) is 0 Å². The van der Waals surface area contributed by atoms with E-state index in [2.05, 4.69) is 5.32 Å². The van der Waals surface area contributed by atoms with E-state index in [0.717, 1.165) is 5.56 Å². The number of hydrogen-bond donors (Lipinski definition) is 2. The van der Waals surface area contributed by atoms with Crippen LogP contribution in [0.3, 0.4) is 0 Å². The van der Waals surface area contributed by atoms with Crippen LogP contribution in [-0.2, 0) is 11.3 Å². The smallest absolute Gasteiger partial charge is 0.223 e. The molecule has 0 heterocycles. The standard InChI is InChI=1S/C16H15Cl2NO2/c17-13-6-4-12(5-7-13)15(20)9-16(21)19-10-11-2-1-3-14(18)8-11/h1-8,15,20H,9-10H2,(H,19,21). The van der Waals surface area contributed by atoms with Crippen LogP contribution in [0.25, 0.3) is 0 Å². The van der Waals surface area contributed by atoms with Crippen LogP contribution in [0.15, 0.2) is 48.5 Å². The third-order valence-corrected chi connectivity index (χ3v) is 3.50. The number of benzene rings is 2. The Bertz CT molecular complexity index is 614. The molecule has 110 valence electrons. The highest BCUT2D eigenvalue weighted by atomic mass is 35.5. The Labute approximate surface area is 133 Å². The number of carbonyl (C=O) groups is 1. The molecule has 0 aliphatic rings. The highest BCUT2D eigenvalue weighted by Crippen LogP contribution is 2.19. The molecule has 2 N–H and O–H groups in total. The summed E-state index contributed by atoms with van der Waals surface area (Å²) in [5.41, 5.74) is 1.58. The molecule has 2 aromatic carbocycles. The molecule has 1 unspecified atom stereocenters. The Hall–Kier alpha value is -1.55. The molecule has 0 saturated heterocycles. The molecule has 0 saturated carbocycles. The first kappa shape index (κ1) is 15.8. The molecule has 0 aromatic heterocycles. The van der Waals surface area contributed by atoms with Crippen molar-refractivity contribution < 1.29 is 9.90 Å². The third kappa shape index (κ3) is 5.05. The first-order valence-corrected chi connectivity index (χ1v) is 7.25. The summed E-state index contributed by atoms with van der Waals surface area (Å²) >= 11 is 11.7. The Morgan fingerprint density at radius 2 is 1.81 bits per heavy atom. The maximum Gasteiger partial charge on any atom is 0.223 e. The molecule has 0 bridgehead atoms. The van der Waals surface area contributed by atoms with Crippen LogP contribution in [0.2, 0.25) is 10.0 Å². The van der Waals surface area contributed by atoms with Gasteiger partial charge in [-0.3, -0.25) is 4.79 Å². The number of aliphatic hydroxyl groups excluding tert-OH is 1. The Balaban J connectivity index is 1.85. The minimum Gasteiger partial charge on any atom is -0.388 e. The second-order valence-electron chi connectivity index (χ2n) is 4.68. The van der Waals surface area contributed by atoms with Crippen molar-refractivity contribution >= 4 is 29.1 Å². The second-order valence-corrected chi connectivity index (χ2v) is 5.55. The number of aliphatic hydroxyl groups is 1. The van der Waals surface area contributed by atoms with E-state index in [1.807, 2.05) is 12.1 Å². The molecule has 3 nitrogen and oxygen atoms in total. The summed E-state index contributed by atoms with van der Waals surface area (Å²) in [5.74, 6) is -0.225. The van der Waals surface area contributed by atoms with E-state index in [-0.39, 0.29) is 12.3 Å². The topological polar surface area (TPSA) is 49.3 Å². The Kier molecular flexibility index (Phi) is 5.62. The summed E-state index contributed by atoms with van der Waals surface area (Å²) in [5, 5.41) is 14.0. The van der Waals surface area contributed by atoms with Crippen molar-refractivity contribution in [3.63, 3.8) is 0 Å². The van der Waals surface area contributed by atoms with E-state index < -0.39 is 6.10 Å². The second kappa shape index (κ2) is 7.46.